The van der Waals surface area contributed by atoms with Crippen molar-refractivity contribution in [2.24, 2.45) is 5.73 Å². The molecule has 0 saturated heterocycles. The summed E-state index contributed by atoms with van der Waals surface area (Å²) >= 11 is 0. The van der Waals surface area contributed by atoms with E-state index < -0.39 is 0 Å². The largest absolute Gasteiger partial charge is 0.467 e. The highest BCUT2D eigenvalue weighted by Crippen LogP contribution is 2.20. The van der Waals surface area contributed by atoms with Gasteiger partial charge in [0.05, 0.1) is 12.9 Å². The molecule has 2 atom stereocenters. The molecule has 2 unspecified atom stereocenters. The van der Waals surface area contributed by atoms with Crippen LogP contribution < -0.4 is 5.73 Å². The van der Waals surface area contributed by atoms with Crippen molar-refractivity contribution in [3.63, 3.8) is 0 Å². The van der Waals surface area contributed by atoms with E-state index in [9.17, 15) is 0 Å². The highest BCUT2D eigenvalue weighted by atomic mass is 16.5. The lowest BCUT2D eigenvalue weighted by Crippen LogP contribution is -2.27. The van der Waals surface area contributed by atoms with Crippen LogP contribution in [0.5, 0.6) is 0 Å². The zero-order valence-electron chi connectivity index (χ0n) is 10.5. The molecular formula is C14H18N2O2. The van der Waals surface area contributed by atoms with Gasteiger partial charge in [0.2, 0.25) is 0 Å². The topological polar surface area (TPSA) is 61.3 Å². The summed E-state index contributed by atoms with van der Waals surface area (Å²) in [5, 5.41) is 0. The number of pyridine rings is 1. The number of aromatic nitrogens is 1. The van der Waals surface area contributed by atoms with Gasteiger partial charge in [-0.3, -0.25) is 4.98 Å². The fourth-order valence-electron chi connectivity index (χ4n) is 1.78. The third-order valence-electron chi connectivity index (χ3n) is 2.68. The van der Waals surface area contributed by atoms with Crippen LogP contribution in [0.3, 0.4) is 0 Å². The van der Waals surface area contributed by atoms with Crippen molar-refractivity contribution < 1.29 is 9.15 Å². The van der Waals surface area contributed by atoms with E-state index in [2.05, 4.69) is 4.98 Å². The van der Waals surface area contributed by atoms with Crippen LogP contribution in [0.4, 0.5) is 0 Å². The number of furan rings is 1. The smallest absolute Gasteiger partial charge is 0.134 e. The van der Waals surface area contributed by atoms with Gasteiger partial charge in [-0.15, -0.1) is 0 Å². The standard InChI is InChI=1S/C14H18N2O2/c1-11(15)14(13-6-4-9-17-13)18-10-7-12-5-2-3-8-16-12/h2-6,8-9,11,14H,7,10,15H2,1H3. The lowest BCUT2D eigenvalue weighted by Gasteiger charge is -2.19. The van der Waals surface area contributed by atoms with E-state index in [1.165, 1.54) is 0 Å². The third-order valence-corrected chi connectivity index (χ3v) is 2.68. The maximum absolute atomic E-state index is 5.91. The molecule has 0 amide bonds. The molecular weight excluding hydrogens is 228 g/mol. The highest BCUT2D eigenvalue weighted by molar-refractivity contribution is 5.05. The van der Waals surface area contributed by atoms with Gasteiger partial charge in [-0.1, -0.05) is 6.07 Å². The minimum Gasteiger partial charge on any atom is -0.467 e. The van der Waals surface area contributed by atoms with Crippen LogP contribution >= 0.6 is 0 Å². The molecule has 0 fully saturated rings. The molecule has 0 spiro atoms. The molecule has 4 heteroatoms. The lowest BCUT2D eigenvalue weighted by atomic mass is 10.1. The summed E-state index contributed by atoms with van der Waals surface area (Å²) in [4.78, 5) is 4.25. The molecule has 0 aliphatic heterocycles. The molecule has 2 rings (SSSR count). The monoisotopic (exact) mass is 246 g/mol. The summed E-state index contributed by atoms with van der Waals surface area (Å²) < 4.78 is 11.1. The minimum atomic E-state index is -0.205. The second-order valence-corrected chi connectivity index (χ2v) is 4.24. The van der Waals surface area contributed by atoms with Gasteiger partial charge in [-0.25, -0.2) is 0 Å². The Morgan fingerprint density at radius 2 is 2.22 bits per heavy atom. The van der Waals surface area contributed by atoms with Gasteiger partial charge in [0.25, 0.3) is 0 Å². The molecule has 0 radical (unpaired) electrons. The van der Waals surface area contributed by atoms with Crippen molar-refractivity contribution in [1.29, 1.82) is 0 Å². The molecule has 18 heavy (non-hydrogen) atoms. The second kappa shape index (κ2) is 6.33. The SMILES string of the molecule is CC(N)C(OCCc1ccccn1)c1ccco1. The molecule has 0 aliphatic carbocycles. The van der Waals surface area contributed by atoms with Gasteiger partial charge < -0.3 is 14.9 Å². The summed E-state index contributed by atoms with van der Waals surface area (Å²) in [6.07, 6.45) is 3.98. The maximum Gasteiger partial charge on any atom is 0.134 e. The number of nitrogens with zero attached hydrogens (tertiary/aromatic N) is 1. The van der Waals surface area contributed by atoms with Gasteiger partial charge >= 0.3 is 0 Å². The molecule has 2 heterocycles. The van der Waals surface area contributed by atoms with Crippen molar-refractivity contribution in [1.82, 2.24) is 4.98 Å². The molecule has 2 aromatic rings. The zero-order chi connectivity index (χ0) is 12.8. The van der Waals surface area contributed by atoms with Crippen LogP contribution in [-0.2, 0) is 11.2 Å². The Morgan fingerprint density at radius 1 is 1.33 bits per heavy atom. The van der Waals surface area contributed by atoms with E-state index in [0.717, 1.165) is 17.9 Å². The van der Waals surface area contributed by atoms with E-state index >= 15 is 0 Å². The van der Waals surface area contributed by atoms with Crippen molar-refractivity contribution in [3.8, 4) is 0 Å². The van der Waals surface area contributed by atoms with E-state index in [1.54, 1.807) is 12.5 Å². The molecule has 0 aliphatic rings. The number of ether oxygens (including phenoxy) is 1. The maximum atomic E-state index is 5.91. The van der Waals surface area contributed by atoms with E-state index in [0.29, 0.717) is 6.61 Å². The molecule has 0 bridgehead atoms. The highest BCUT2D eigenvalue weighted by Gasteiger charge is 2.19. The van der Waals surface area contributed by atoms with Crippen LogP contribution in [0.15, 0.2) is 47.2 Å². The Labute approximate surface area is 107 Å². The summed E-state index contributed by atoms with van der Waals surface area (Å²) in [7, 11) is 0. The summed E-state index contributed by atoms with van der Waals surface area (Å²) in [6, 6.07) is 9.47. The van der Waals surface area contributed by atoms with E-state index in [1.807, 2.05) is 37.3 Å². The lowest BCUT2D eigenvalue weighted by molar-refractivity contribution is 0.0253. The van der Waals surface area contributed by atoms with Gasteiger partial charge in [0, 0.05) is 24.4 Å². The van der Waals surface area contributed by atoms with Crippen LogP contribution in [0.1, 0.15) is 24.5 Å². The summed E-state index contributed by atoms with van der Waals surface area (Å²) in [6.45, 7) is 2.48. The first-order chi connectivity index (χ1) is 8.77. The molecule has 0 aromatic carbocycles. The van der Waals surface area contributed by atoms with Crippen LogP contribution in [-0.4, -0.2) is 17.6 Å². The number of hydrogen-bond donors (Lipinski definition) is 1. The van der Waals surface area contributed by atoms with E-state index in [-0.39, 0.29) is 12.1 Å². The predicted octanol–water partition coefficient (Wildman–Crippen LogP) is 2.32. The average molecular weight is 246 g/mol. The van der Waals surface area contributed by atoms with Gasteiger partial charge in [0.1, 0.15) is 11.9 Å². The predicted molar refractivity (Wildman–Crippen MR) is 69.0 cm³/mol. The Balaban J connectivity index is 1.87. The summed E-state index contributed by atoms with van der Waals surface area (Å²) in [5.74, 6) is 0.769. The Morgan fingerprint density at radius 3 is 2.83 bits per heavy atom. The Hall–Kier alpha value is -1.65. The normalized spacial score (nSPS) is 14.3. The zero-order valence-corrected chi connectivity index (χ0v) is 10.5. The number of nitrogens with two attached hydrogens (primary N) is 1. The number of hydrogen-bond acceptors (Lipinski definition) is 4. The second-order valence-electron chi connectivity index (χ2n) is 4.24. The fraction of sp³-hybridized carbons (Fsp3) is 0.357. The van der Waals surface area contributed by atoms with Crippen molar-refractivity contribution in [2.45, 2.75) is 25.5 Å². The first kappa shape index (κ1) is 12.8. The van der Waals surface area contributed by atoms with Crippen LogP contribution in [0.2, 0.25) is 0 Å². The first-order valence-electron chi connectivity index (χ1n) is 6.08. The minimum absolute atomic E-state index is 0.111. The molecule has 2 aromatic heterocycles. The van der Waals surface area contributed by atoms with Crippen LogP contribution in [0, 0.1) is 0 Å². The van der Waals surface area contributed by atoms with Crippen molar-refractivity contribution >= 4 is 0 Å². The third kappa shape index (κ3) is 3.42. The average Bonchev–Trinajstić information content (AvgIpc) is 2.89. The fourth-order valence-corrected chi connectivity index (χ4v) is 1.78. The molecule has 2 N–H and O–H groups in total. The van der Waals surface area contributed by atoms with Crippen molar-refractivity contribution in [3.05, 3.63) is 54.2 Å². The Bertz CT molecular complexity index is 440. The number of rotatable bonds is 6. The molecule has 4 nitrogen and oxygen atoms in total. The van der Waals surface area contributed by atoms with Crippen LogP contribution in [0.25, 0.3) is 0 Å². The van der Waals surface area contributed by atoms with Crippen molar-refractivity contribution in [2.75, 3.05) is 6.61 Å². The van der Waals surface area contributed by atoms with E-state index in [4.69, 9.17) is 14.9 Å². The Kier molecular flexibility index (Phi) is 4.50. The first-order valence-corrected chi connectivity index (χ1v) is 6.08. The molecule has 0 saturated carbocycles. The van der Waals surface area contributed by atoms with Gasteiger partial charge in [-0.05, 0) is 31.2 Å². The molecule has 96 valence electrons. The van der Waals surface area contributed by atoms with Gasteiger partial charge in [-0.2, -0.15) is 0 Å². The quantitative estimate of drug-likeness (QED) is 0.849. The van der Waals surface area contributed by atoms with Gasteiger partial charge in [0.15, 0.2) is 0 Å². The summed E-state index contributed by atoms with van der Waals surface area (Å²) in [5.41, 5.74) is 6.92.